The van der Waals surface area contributed by atoms with Crippen LogP contribution >= 0.6 is 23.4 Å². The van der Waals surface area contributed by atoms with E-state index < -0.39 is 11.9 Å². The minimum Gasteiger partial charge on any atom is -0.346 e. The SMILES string of the molecule is CC1SC=CN1Cn1nc(C(F)(F)F)cc1Cl. The van der Waals surface area contributed by atoms with Crippen molar-refractivity contribution in [3.63, 3.8) is 0 Å². The number of alkyl halides is 3. The highest BCUT2D eigenvalue weighted by Crippen LogP contribution is 2.31. The first kappa shape index (κ1) is 12.6. The number of aromatic nitrogens is 2. The molecule has 3 nitrogen and oxygen atoms in total. The van der Waals surface area contributed by atoms with Crippen LogP contribution < -0.4 is 0 Å². The second-order valence-corrected chi connectivity index (χ2v) is 5.14. The minimum atomic E-state index is -4.46. The van der Waals surface area contributed by atoms with Crippen molar-refractivity contribution in [2.45, 2.75) is 25.1 Å². The van der Waals surface area contributed by atoms with Crippen LogP contribution in [-0.2, 0) is 12.8 Å². The van der Waals surface area contributed by atoms with E-state index in [1.54, 1.807) is 18.0 Å². The lowest BCUT2D eigenvalue weighted by molar-refractivity contribution is -0.141. The first-order chi connectivity index (χ1) is 7.88. The summed E-state index contributed by atoms with van der Waals surface area (Å²) >= 11 is 7.30. The average Bonchev–Trinajstić information content (AvgIpc) is 2.75. The van der Waals surface area contributed by atoms with Crippen LogP contribution in [0.15, 0.2) is 17.7 Å². The zero-order valence-corrected chi connectivity index (χ0v) is 10.4. The molecule has 0 amide bonds. The topological polar surface area (TPSA) is 21.1 Å². The average molecular weight is 284 g/mol. The summed E-state index contributed by atoms with van der Waals surface area (Å²) in [5, 5.41) is 5.49. The standard InChI is InChI=1S/C9H9ClF3N3S/c1-6-15(2-3-17-6)5-16-8(10)4-7(14-16)9(11,12)13/h2-4,6H,5H2,1H3. The molecule has 0 N–H and O–H groups in total. The Bertz CT molecular complexity index is 443. The Morgan fingerprint density at radius 1 is 1.53 bits per heavy atom. The summed E-state index contributed by atoms with van der Waals surface area (Å²) in [4.78, 5) is 1.85. The van der Waals surface area contributed by atoms with Crippen molar-refractivity contribution in [2.75, 3.05) is 0 Å². The highest BCUT2D eigenvalue weighted by atomic mass is 35.5. The van der Waals surface area contributed by atoms with Gasteiger partial charge in [0.2, 0.25) is 0 Å². The van der Waals surface area contributed by atoms with E-state index in [1.165, 1.54) is 0 Å². The molecule has 1 aliphatic heterocycles. The van der Waals surface area contributed by atoms with E-state index in [4.69, 9.17) is 11.6 Å². The van der Waals surface area contributed by atoms with Gasteiger partial charge in [-0.1, -0.05) is 11.6 Å². The molecule has 8 heteroatoms. The molecule has 2 rings (SSSR count). The third-order valence-corrected chi connectivity index (χ3v) is 3.56. The lowest BCUT2D eigenvalue weighted by Gasteiger charge is -2.21. The third-order valence-electron chi connectivity index (χ3n) is 2.31. The lowest BCUT2D eigenvalue weighted by atomic mass is 10.4. The van der Waals surface area contributed by atoms with Crippen LogP contribution in [0.4, 0.5) is 13.2 Å². The molecule has 17 heavy (non-hydrogen) atoms. The largest absolute Gasteiger partial charge is 0.435 e. The Morgan fingerprint density at radius 3 is 2.71 bits per heavy atom. The van der Waals surface area contributed by atoms with E-state index >= 15 is 0 Å². The molecule has 0 saturated carbocycles. The number of rotatable bonds is 2. The van der Waals surface area contributed by atoms with Crippen molar-refractivity contribution in [1.82, 2.24) is 14.7 Å². The van der Waals surface area contributed by atoms with Crippen LogP contribution in [0.5, 0.6) is 0 Å². The fourth-order valence-corrected chi connectivity index (χ4v) is 2.32. The van der Waals surface area contributed by atoms with Gasteiger partial charge in [-0.3, -0.25) is 0 Å². The maximum Gasteiger partial charge on any atom is 0.435 e. The van der Waals surface area contributed by atoms with Crippen molar-refractivity contribution < 1.29 is 13.2 Å². The monoisotopic (exact) mass is 283 g/mol. The lowest BCUT2D eigenvalue weighted by Crippen LogP contribution is -2.25. The Hall–Kier alpha value is -0.820. The molecule has 0 bridgehead atoms. The molecule has 0 aromatic carbocycles. The van der Waals surface area contributed by atoms with Gasteiger partial charge in [0.05, 0.1) is 5.37 Å². The molecule has 0 fully saturated rings. The van der Waals surface area contributed by atoms with Gasteiger partial charge in [-0.25, -0.2) is 4.68 Å². The number of halogens is 4. The number of thioether (sulfide) groups is 1. The Balaban J connectivity index is 2.16. The van der Waals surface area contributed by atoms with Gasteiger partial charge in [-0.05, 0) is 12.3 Å². The van der Waals surface area contributed by atoms with Crippen LogP contribution in [0.3, 0.4) is 0 Å². The van der Waals surface area contributed by atoms with Gasteiger partial charge in [0.1, 0.15) is 11.8 Å². The second-order valence-electron chi connectivity index (χ2n) is 3.53. The minimum absolute atomic E-state index is 0.0187. The first-order valence-corrected chi connectivity index (χ1v) is 6.08. The van der Waals surface area contributed by atoms with Gasteiger partial charge in [-0.15, -0.1) is 11.8 Å². The van der Waals surface area contributed by atoms with E-state index in [-0.39, 0.29) is 17.2 Å². The van der Waals surface area contributed by atoms with E-state index in [0.717, 1.165) is 10.7 Å². The smallest absolute Gasteiger partial charge is 0.346 e. The first-order valence-electron chi connectivity index (χ1n) is 4.76. The van der Waals surface area contributed by atoms with E-state index in [1.807, 2.05) is 17.2 Å². The maximum absolute atomic E-state index is 12.4. The molecular formula is C9H9ClF3N3S. The van der Waals surface area contributed by atoms with Crippen molar-refractivity contribution in [3.05, 3.63) is 28.5 Å². The molecule has 2 heterocycles. The Morgan fingerprint density at radius 2 is 2.24 bits per heavy atom. The zero-order valence-electron chi connectivity index (χ0n) is 8.78. The quantitative estimate of drug-likeness (QED) is 0.830. The normalized spacial score (nSPS) is 20.3. The molecule has 1 aliphatic rings. The molecule has 1 atom stereocenters. The summed E-state index contributed by atoms with van der Waals surface area (Å²) < 4.78 is 38.4. The maximum atomic E-state index is 12.4. The molecule has 0 saturated heterocycles. The van der Waals surface area contributed by atoms with E-state index in [0.29, 0.717) is 0 Å². The molecular weight excluding hydrogens is 275 g/mol. The van der Waals surface area contributed by atoms with Crippen LogP contribution in [0.1, 0.15) is 12.6 Å². The number of hydrogen-bond acceptors (Lipinski definition) is 3. The van der Waals surface area contributed by atoms with Gasteiger partial charge >= 0.3 is 6.18 Å². The molecule has 1 aromatic heterocycles. The summed E-state index contributed by atoms with van der Waals surface area (Å²) in [6, 6.07) is 0.832. The van der Waals surface area contributed by atoms with Crippen LogP contribution in [-0.4, -0.2) is 20.1 Å². The van der Waals surface area contributed by atoms with E-state index in [9.17, 15) is 13.2 Å². The van der Waals surface area contributed by atoms with Gasteiger partial charge in [0.25, 0.3) is 0 Å². The van der Waals surface area contributed by atoms with Crippen molar-refractivity contribution >= 4 is 23.4 Å². The summed E-state index contributed by atoms with van der Waals surface area (Å²) in [6.07, 6.45) is -2.66. The van der Waals surface area contributed by atoms with Gasteiger partial charge in [0.15, 0.2) is 5.69 Å². The fraction of sp³-hybridized carbons (Fsp3) is 0.444. The van der Waals surface area contributed by atoms with Gasteiger partial charge < -0.3 is 4.90 Å². The molecule has 0 radical (unpaired) electrons. The number of nitrogens with zero attached hydrogens (tertiary/aromatic N) is 3. The summed E-state index contributed by atoms with van der Waals surface area (Å²) in [5.74, 6) is 0. The summed E-state index contributed by atoms with van der Waals surface area (Å²) in [5.41, 5.74) is -0.967. The predicted octanol–water partition coefficient (Wildman–Crippen LogP) is 3.38. The van der Waals surface area contributed by atoms with Gasteiger partial charge in [0, 0.05) is 12.3 Å². The van der Waals surface area contributed by atoms with E-state index in [2.05, 4.69) is 5.10 Å². The summed E-state index contributed by atoms with van der Waals surface area (Å²) in [7, 11) is 0. The van der Waals surface area contributed by atoms with Crippen molar-refractivity contribution in [1.29, 1.82) is 0 Å². The molecule has 0 spiro atoms. The predicted molar refractivity (Wildman–Crippen MR) is 60.3 cm³/mol. The highest BCUT2D eigenvalue weighted by molar-refractivity contribution is 8.02. The molecule has 0 aliphatic carbocycles. The zero-order chi connectivity index (χ0) is 12.6. The fourth-order valence-electron chi connectivity index (χ4n) is 1.37. The third kappa shape index (κ3) is 2.71. The summed E-state index contributed by atoms with van der Waals surface area (Å²) in [6.45, 7) is 2.16. The number of hydrogen-bond donors (Lipinski definition) is 0. The van der Waals surface area contributed by atoms with Crippen LogP contribution in [0.2, 0.25) is 5.15 Å². The molecule has 1 aromatic rings. The van der Waals surface area contributed by atoms with Gasteiger partial charge in [-0.2, -0.15) is 18.3 Å². The van der Waals surface area contributed by atoms with Crippen LogP contribution in [0.25, 0.3) is 0 Å². The Labute approximate surface area is 105 Å². The highest BCUT2D eigenvalue weighted by Gasteiger charge is 2.35. The van der Waals surface area contributed by atoms with Crippen molar-refractivity contribution in [2.24, 2.45) is 0 Å². The van der Waals surface area contributed by atoms with Crippen LogP contribution in [0, 0.1) is 0 Å². The molecule has 94 valence electrons. The Kier molecular flexibility index (Phi) is 3.31. The second kappa shape index (κ2) is 4.45. The van der Waals surface area contributed by atoms with Crippen molar-refractivity contribution in [3.8, 4) is 0 Å². The molecule has 1 unspecified atom stereocenters.